The number of nitrogens with zero attached hydrogens (tertiary/aromatic N) is 3. The monoisotopic (exact) mass is 386 g/mol. The van der Waals surface area contributed by atoms with Crippen molar-refractivity contribution in [3.05, 3.63) is 34.8 Å². The molecule has 0 unspecified atom stereocenters. The molecule has 0 saturated heterocycles. The zero-order chi connectivity index (χ0) is 17.8. The first-order valence-electron chi connectivity index (χ1n) is 9.22. The fourth-order valence-corrected chi connectivity index (χ4v) is 5.05. The number of thiazole rings is 1. The average molecular weight is 387 g/mol. The molecule has 1 N–H and O–H groups in total. The third kappa shape index (κ3) is 4.27. The minimum Gasteiger partial charge on any atom is -0.302 e. The quantitative estimate of drug-likeness (QED) is 0.644. The van der Waals surface area contributed by atoms with Gasteiger partial charge in [-0.1, -0.05) is 44.2 Å². The molecule has 1 saturated carbocycles. The molecule has 0 spiro atoms. The first kappa shape index (κ1) is 17.5. The van der Waals surface area contributed by atoms with Crippen LogP contribution in [0.3, 0.4) is 0 Å². The lowest BCUT2D eigenvalue weighted by atomic mass is 9.86. The molecule has 4 rings (SSSR count). The van der Waals surface area contributed by atoms with Crippen molar-refractivity contribution in [2.75, 3.05) is 5.32 Å². The number of benzene rings is 1. The summed E-state index contributed by atoms with van der Waals surface area (Å²) in [5.41, 5.74) is 3.05. The summed E-state index contributed by atoms with van der Waals surface area (Å²) < 4.78 is 8.67. The van der Waals surface area contributed by atoms with Crippen LogP contribution in [0, 0.1) is 5.92 Å². The minimum absolute atomic E-state index is 0.0854. The molecule has 1 aromatic carbocycles. The number of carbonyl (C=O) groups excluding carboxylic acids is 1. The Morgan fingerprint density at radius 2 is 2.08 bits per heavy atom. The van der Waals surface area contributed by atoms with Crippen molar-refractivity contribution in [2.45, 2.75) is 51.4 Å². The van der Waals surface area contributed by atoms with Gasteiger partial charge in [0.15, 0.2) is 5.13 Å². The van der Waals surface area contributed by atoms with Gasteiger partial charge in [-0.15, -0.1) is 11.3 Å². The van der Waals surface area contributed by atoms with E-state index < -0.39 is 0 Å². The van der Waals surface area contributed by atoms with Crippen LogP contribution in [0.15, 0.2) is 24.4 Å². The number of carbonyl (C=O) groups is 1. The van der Waals surface area contributed by atoms with Crippen LogP contribution >= 0.6 is 23.1 Å². The highest BCUT2D eigenvalue weighted by Gasteiger charge is 2.15. The molecule has 26 heavy (non-hydrogen) atoms. The average Bonchev–Trinajstić information content (AvgIpc) is 3.31. The van der Waals surface area contributed by atoms with Crippen molar-refractivity contribution in [3.63, 3.8) is 0 Å². The molecule has 136 valence electrons. The predicted molar refractivity (Wildman–Crippen MR) is 107 cm³/mol. The molecular formula is C19H22N4OS2. The second kappa shape index (κ2) is 8.22. The van der Waals surface area contributed by atoms with Crippen LogP contribution in [0.5, 0.6) is 0 Å². The Bertz CT molecular complexity index is 882. The molecule has 0 atom stereocenters. The maximum Gasteiger partial charge on any atom is 0.226 e. The van der Waals surface area contributed by atoms with E-state index in [0.29, 0.717) is 11.6 Å². The number of hydrogen-bond donors (Lipinski definition) is 1. The van der Waals surface area contributed by atoms with Gasteiger partial charge in [0.1, 0.15) is 11.0 Å². The second-order valence-corrected chi connectivity index (χ2v) is 8.59. The number of rotatable bonds is 6. The summed E-state index contributed by atoms with van der Waals surface area (Å²) >= 11 is 2.78. The van der Waals surface area contributed by atoms with Gasteiger partial charge in [-0.2, -0.15) is 8.75 Å². The van der Waals surface area contributed by atoms with Gasteiger partial charge in [0.2, 0.25) is 5.91 Å². The number of hydrogen-bond acceptors (Lipinski definition) is 6. The van der Waals surface area contributed by atoms with Crippen molar-refractivity contribution < 1.29 is 4.79 Å². The Morgan fingerprint density at radius 3 is 2.96 bits per heavy atom. The van der Waals surface area contributed by atoms with Gasteiger partial charge in [0.05, 0.1) is 11.7 Å². The van der Waals surface area contributed by atoms with Gasteiger partial charge >= 0.3 is 0 Å². The summed E-state index contributed by atoms with van der Waals surface area (Å²) in [6.07, 6.45) is 10.8. The molecular weight excluding hydrogens is 364 g/mol. The molecule has 0 bridgehead atoms. The van der Waals surface area contributed by atoms with Gasteiger partial charge in [-0.3, -0.25) is 4.79 Å². The number of amides is 1. The highest BCUT2D eigenvalue weighted by Crippen LogP contribution is 2.28. The Kier molecular flexibility index (Phi) is 5.55. The number of fused-ring (bicyclic) bond motifs is 1. The molecule has 5 nitrogen and oxygen atoms in total. The van der Waals surface area contributed by atoms with E-state index in [4.69, 9.17) is 0 Å². The Hall–Kier alpha value is -1.86. The fraction of sp³-hybridized carbons (Fsp3) is 0.474. The highest BCUT2D eigenvalue weighted by atomic mass is 32.1. The molecule has 7 heteroatoms. The van der Waals surface area contributed by atoms with Crippen molar-refractivity contribution in [1.29, 1.82) is 0 Å². The molecule has 2 heterocycles. The van der Waals surface area contributed by atoms with Crippen molar-refractivity contribution in [2.24, 2.45) is 5.92 Å². The zero-order valence-electron chi connectivity index (χ0n) is 14.6. The van der Waals surface area contributed by atoms with Gasteiger partial charge < -0.3 is 5.32 Å². The van der Waals surface area contributed by atoms with Gasteiger partial charge in [0, 0.05) is 23.9 Å². The maximum absolute atomic E-state index is 12.2. The van der Waals surface area contributed by atoms with E-state index >= 15 is 0 Å². The largest absolute Gasteiger partial charge is 0.302 e. The van der Waals surface area contributed by atoms with E-state index in [-0.39, 0.29) is 5.91 Å². The predicted octanol–water partition coefficient (Wildman–Crippen LogP) is 5.04. The van der Waals surface area contributed by atoms with Crippen molar-refractivity contribution >= 4 is 45.1 Å². The highest BCUT2D eigenvalue weighted by molar-refractivity contribution is 7.15. The van der Waals surface area contributed by atoms with Gasteiger partial charge in [-0.05, 0) is 24.0 Å². The van der Waals surface area contributed by atoms with Crippen LogP contribution in [0.25, 0.3) is 11.0 Å². The van der Waals surface area contributed by atoms with E-state index in [1.807, 2.05) is 18.3 Å². The normalized spacial score (nSPS) is 15.4. The Labute approximate surface area is 161 Å². The number of aromatic nitrogens is 3. The van der Waals surface area contributed by atoms with Crippen molar-refractivity contribution in [3.8, 4) is 0 Å². The van der Waals surface area contributed by atoms with Crippen LogP contribution < -0.4 is 5.32 Å². The first-order valence-corrected chi connectivity index (χ1v) is 10.8. The molecule has 1 amide bonds. The van der Waals surface area contributed by atoms with Gasteiger partial charge in [-0.25, -0.2) is 4.98 Å². The standard InChI is InChI=1S/C19H22N4OS2/c24-17(10-9-13-5-2-1-3-6-13)21-19-20-12-15(25-19)11-14-7-4-8-16-18(14)23-26-22-16/h4,7-8,12-13H,1-3,5-6,9-11H2,(H,20,21,24). The number of anilines is 1. The molecule has 0 aliphatic heterocycles. The molecule has 0 radical (unpaired) electrons. The molecule has 3 aromatic rings. The third-order valence-electron chi connectivity index (χ3n) is 5.04. The van der Waals surface area contributed by atoms with Crippen LogP contribution in [-0.4, -0.2) is 19.6 Å². The first-order chi connectivity index (χ1) is 12.8. The molecule has 1 aliphatic rings. The molecule has 2 aromatic heterocycles. The van der Waals surface area contributed by atoms with Crippen LogP contribution in [0.4, 0.5) is 5.13 Å². The minimum atomic E-state index is 0.0854. The van der Waals surface area contributed by atoms with E-state index in [9.17, 15) is 4.79 Å². The topological polar surface area (TPSA) is 67.8 Å². The summed E-state index contributed by atoms with van der Waals surface area (Å²) in [4.78, 5) is 17.7. The Balaban J connectivity index is 1.32. The third-order valence-corrected chi connectivity index (χ3v) is 6.49. The summed E-state index contributed by atoms with van der Waals surface area (Å²) in [5, 5.41) is 3.65. The van der Waals surface area contributed by atoms with Crippen LogP contribution in [-0.2, 0) is 11.2 Å². The lowest BCUT2D eigenvalue weighted by Crippen LogP contribution is -2.14. The second-order valence-electron chi connectivity index (χ2n) is 6.95. The van der Waals surface area contributed by atoms with E-state index in [2.05, 4.69) is 25.1 Å². The van der Waals surface area contributed by atoms with E-state index in [1.165, 1.54) is 43.8 Å². The van der Waals surface area contributed by atoms with E-state index in [0.717, 1.165) is 40.2 Å². The molecule has 1 aliphatic carbocycles. The van der Waals surface area contributed by atoms with Gasteiger partial charge in [0.25, 0.3) is 0 Å². The summed E-state index contributed by atoms with van der Waals surface area (Å²) in [6, 6.07) is 6.06. The smallest absolute Gasteiger partial charge is 0.226 e. The summed E-state index contributed by atoms with van der Waals surface area (Å²) in [6.45, 7) is 0. The molecule has 1 fully saturated rings. The van der Waals surface area contributed by atoms with Crippen LogP contribution in [0.1, 0.15) is 55.4 Å². The summed E-state index contributed by atoms with van der Waals surface area (Å²) in [7, 11) is 0. The van der Waals surface area contributed by atoms with Crippen LogP contribution in [0.2, 0.25) is 0 Å². The van der Waals surface area contributed by atoms with Crippen molar-refractivity contribution in [1.82, 2.24) is 13.7 Å². The fourth-order valence-electron chi connectivity index (χ4n) is 3.63. The Morgan fingerprint density at radius 1 is 1.19 bits per heavy atom. The number of nitrogens with one attached hydrogen (secondary N) is 1. The maximum atomic E-state index is 12.2. The zero-order valence-corrected chi connectivity index (χ0v) is 16.2. The lowest BCUT2D eigenvalue weighted by Gasteiger charge is -2.20. The summed E-state index contributed by atoms with van der Waals surface area (Å²) in [5.74, 6) is 0.816. The van der Waals surface area contributed by atoms with E-state index in [1.54, 1.807) is 11.3 Å². The lowest BCUT2D eigenvalue weighted by molar-refractivity contribution is -0.116. The SMILES string of the molecule is O=C(CCC1CCCCC1)Nc1ncc(Cc2cccc3nsnc23)s1.